The van der Waals surface area contributed by atoms with Crippen molar-refractivity contribution in [1.29, 1.82) is 0 Å². The van der Waals surface area contributed by atoms with Crippen molar-refractivity contribution in [2.45, 2.75) is 26.3 Å². The summed E-state index contributed by atoms with van der Waals surface area (Å²) in [5.41, 5.74) is 10.9. The van der Waals surface area contributed by atoms with Crippen LogP contribution in [0.2, 0.25) is 0 Å². The SMILES string of the molecule is CC[C@H](C)[C@@H](N)CN. The van der Waals surface area contributed by atoms with Crippen LogP contribution >= 0.6 is 0 Å². The van der Waals surface area contributed by atoms with Crippen LogP contribution in [0, 0.1) is 5.92 Å². The molecule has 0 heterocycles. The molecule has 0 aliphatic carbocycles. The van der Waals surface area contributed by atoms with Gasteiger partial charge in [0.2, 0.25) is 0 Å². The van der Waals surface area contributed by atoms with E-state index in [2.05, 4.69) is 13.8 Å². The molecule has 0 rings (SSSR count). The highest BCUT2D eigenvalue weighted by atomic mass is 14.7. The second-order valence-corrected chi connectivity index (χ2v) is 2.29. The Labute approximate surface area is 51.2 Å². The van der Waals surface area contributed by atoms with E-state index in [9.17, 15) is 0 Å². The Morgan fingerprint density at radius 1 is 1.50 bits per heavy atom. The van der Waals surface area contributed by atoms with E-state index in [1.165, 1.54) is 0 Å². The largest absolute Gasteiger partial charge is 0.329 e. The van der Waals surface area contributed by atoms with E-state index in [1.54, 1.807) is 0 Å². The summed E-state index contributed by atoms with van der Waals surface area (Å²) in [4.78, 5) is 0. The maximum Gasteiger partial charge on any atom is 0.0188 e. The van der Waals surface area contributed by atoms with Crippen molar-refractivity contribution in [3.05, 3.63) is 0 Å². The van der Waals surface area contributed by atoms with Crippen molar-refractivity contribution in [2.24, 2.45) is 17.4 Å². The molecule has 2 heteroatoms. The first-order valence-electron chi connectivity index (χ1n) is 3.18. The molecule has 2 atom stereocenters. The summed E-state index contributed by atoms with van der Waals surface area (Å²) in [5.74, 6) is 0.569. The van der Waals surface area contributed by atoms with E-state index in [0.29, 0.717) is 12.5 Å². The molecule has 50 valence electrons. The molecule has 4 N–H and O–H groups in total. The van der Waals surface area contributed by atoms with Crippen LogP contribution in [0.15, 0.2) is 0 Å². The predicted octanol–water partition coefficient (Wildman–Crippen LogP) is 0.319. The minimum Gasteiger partial charge on any atom is -0.329 e. The highest BCUT2D eigenvalue weighted by Crippen LogP contribution is 2.02. The molecule has 0 saturated heterocycles. The molecule has 0 bridgehead atoms. The van der Waals surface area contributed by atoms with Gasteiger partial charge in [-0.05, 0) is 5.92 Å². The van der Waals surface area contributed by atoms with Crippen LogP contribution in [-0.4, -0.2) is 12.6 Å². The Bertz CT molecular complexity index is 46.5. The summed E-state index contributed by atoms with van der Waals surface area (Å²) in [6.45, 7) is 4.85. The smallest absolute Gasteiger partial charge is 0.0188 e. The zero-order valence-electron chi connectivity index (χ0n) is 5.72. The van der Waals surface area contributed by atoms with Crippen LogP contribution in [0.5, 0.6) is 0 Å². The molecule has 0 amide bonds. The number of rotatable bonds is 3. The Balaban J connectivity index is 3.29. The molecule has 0 aliphatic heterocycles. The van der Waals surface area contributed by atoms with E-state index in [1.807, 2.05) is 0 Å². The molecule has 0 aromatic heterocycles. The minimum absolute atomic E-state index is 0.194. The fourth-order valence-corrected chi connectivity index (χ4v) is 0.535. The van der Waals surface area contributed by atoms with Crippen LogP contribution in [0.4, 0.5) is 0 Å². The Hall–Kier alpha value is -0.0800. The van der Waals surface area contributed by atoms with Gasteiger partial charge in [-0.1, -0.05) is 20.3 Å². The van der Waals surface area contributed by atoms with Gasteiger partial charge < -0.3 is 11.5 Å². The molecule has 0 radical (unpaired) electrons. The zero-order valence-corrected chi connectivity index (χ0v) is 5.72. The van der Waals surface area contributed by atoms with E-state index in [0.717, 1.165) is 6.42 Å². The van der Waals surface area contributed by atoms with Gasteiger partial charge in [0.15, 0.2) is 0 Å². The van der Waals surface area contributed by atoms with E-state index in [4.69, 9.17) is 11.5 Å². The summed E-state index contributed by atoms with van der Waals surface area (Å²) in [6, 6.07) is 0.194. The fourth-order valence-electron chi connectivity index (χ4n) is 0.535. The van der Waals surface area contributed by atoms with Crippen LogP contribution in [-0.2, 0) is 0 Å². The Morgan fingerprint density at radius 2 is 2.00 bits per heavy atom. The van der Waals surface area contributed by atoms with Gasteiger partial charge in [0.05, 0.1) is 0 Å². The minimum atomic E-state index is 0.194. The standard InChI is InChI=1S/C6H16N2/c1-3-5(2)6(8)4-7/h5-6H,3-4,7-8H2,1-2H3/t5-,6-/m0/s1. The van der Waals surface area contributed by atoms with Crippen molar-refractivity contribution in [3.8, 4) is 0 Å². The monoisotopic (exact) mass is 116 g/mol. The van der Waals surface area contributed by atoms with Crippen molar-refractivity contribution < 1.29 is 0 Å². The number of nitrogens with two attached hydrogens (primary N) is 2. The van der Waals surface area contributed by atoms with Crippen LogP contribution < -0.4 is 11.5 Å². The van der Waals surface area contributed by atoms with Gasteiger partial charge in [-0.2, -0.15) is 0 Å². The molecule has 0 saturated carbocycles. The van der Waals surface area contributed by atoms with E-state index in [-0.39, 0.29) is 6.04 Å². The van der Waals surface area contributed by atoms with Gasteiger partial charge in [-0.3, -0.25) is 0 Å². The van der Waals surface area contributed by atoms with Crippen molar-refractivity contribution in [1.82, 2.24) is 0 Å². The topological polar surface area (TPSA) is 52.0 Å². The predicted molar refractivity (Wildman–Crippen MR) is 36.5 cm³/mol. The molecule has 2 nitrogen and oxygen atoms in total. The highest BCUT2D eigenvalue weighted by molar-refractivity contribution is 4.67. The van der Waals surface area contributed by atoms with Gasteiger partial charge >= 0.3 is 0 Å². The van der Waals surface area contributed by atoms with Gasteiger partial charge in [0.1, 0.15) is 0 Å². The Kier molecular flexibility index (Phi) is 3.83. The van der Waals surface area contributed by atoms with E-state index >= 15 is 0 Å². The van der Waals surface area contributed by atoms with Gasteiger partial charge in [-0.25, -0.2) is 0 Å². The summed E-state index contributed by atoms with van der Waals surface area (Å²) in [7, 11) is 0. The first kappa shape index (κ1) is 7.92. The average Bonchev–Trinajstić information content (AvgIpc) is 1.84. The second-order valence-electron chi connectivity index (χ2n) is 2.29. The maximum atomic E-state index is 5.60. The highest BCUT2D eigenvalue weighted by Gasteiger charge is 2.06. The van der Waals surface area contributed by atoms with Crippen LogP contribution in [0.25, 0.3) is 0 Å². The maximum absolute atomic E-state index is 5.60. The lowest BCUT2D eigenvalue weighted by molar-refractivity contribution is 0.449. The summed E-state index contributed by atoms with van der Waals surface area (Å²) in [6.07, 6.45) is 1.12. The molecule has 8 heavy (non-hydrogen) atoms. The summed E-state index contributed by atoms with van der Waals surface area (Å²) >= 11 is 0. The number of hydrogen-bond donors (Lipinski definition) is 2. The molecule has 0 fully saturated rings. The molecule has 0 spiro atoms. The quantitative estimate of drug-likeness (QED) is 0.558. The first-order valence-corrected chi connectivity index (χ1v) is 3.18. The van der Waals surface area contributed by atoms with E-state index < -0.39 is 0 Å². The lowest BCUT2D eigenvalue weighted by Crippen LogP contribution is -2.35. The van der Waals surface area contributed by atoms with Gasteiger partial charge in [0.25, 0.3) is 0 Å². The summed E-state index contributed by atoms with van der Waals surface area (Å²) in [5, 5.41) is 0. The second kappa shape index (κ2) is 3.87. The van der Waals surface area contributed by atoms with Crippen molar-refractivity contribution in [3.63, 3.8) is 0 Å². The molecular formula is C6H16N2. The average molecular weight is 116 g/mol. The van der Waals surface area contributed by atoms with Gasteiger partial charge in [0, 0.05) is 12.6 Å². The molecular weight excluding hydrogens is 100 g/mol. The molecule has 0 aromatic rings. The molecule has 0 aliphatic rings. The lowest BCUT2D eigenvalue weighted by Gasteiger charge is -2.14. The zero-order chi connectivity index (χ0) is 6.57. The van der Waals surface area contributed by atoms with Crippen LogP contribution in [0.1, 0.15) is 20.3 Å². The Morgan fingerprint density at radius 3 is 2.12 bits per heavy atom. The third kappa shape index (κ3) is 2.28. The fraction of sp³-hybridized carbons (Fsp3) is 1.00. The third-order valence-electron chi connectivity index (χ3n) is 1.65. The first-order chi connectivity index (χ1) is 3.72. The lowest BCUT2D eigenvalue weighted by atomic mass is 10.0. The normalized spacial score (nSPS) is 18.0. The molecule has 0 unspecified atom stereocenters. The van der Waals surface area contributed by atoms with Crippen molar-refractivity contribution >= 4 is 0 Å². The molecule has 0 aromatic carbocycles. The van der Waals surface area contributed by atoms with Gasteiger partial charge in [-0.15, -0.1) is 0 Å². The van der Waals surface area contributed by atoms with Crippen LogP contribution in [0.3, 0.4) is 0 Å². The van der Waals surface area contributed by atoms with Crippen molar-refractivity contribution in [2.75, 3.05) is 6.54 Å². The third-order valence-corrected chi connectivity index (χ3v) is 1.65. The number of hydrogen-bond acceptors (Lipinski definition) is 2. The summed E-state index contributed by atoms with van der Waals surface area (Å²) < 4.78 is 0.